The minimum absolute atomic E-state index is 0.0290. The molecule has 2 amide bonds. The minimum Gasteiger partial charge on any atom is -0.411 e. The number of nitrogens with zero attached hydrogens (tertiary/aromatic N) is 2. The molecule has 2 fully saturated rings. The highest BCUT2D eigenvalue weighted by molar-refractivity contribution is 5.88. The molecule has 1 aliphatic carbocycles. The molecule has 15 heavy (non-hydrogen) atoms. The van der Waals surface area contributed by atoms with Gasteiger partial charge in [0.25, 0.3) is 0 Å². The summed E-state index contributed by atoms with van der Waals surface area (Å²) in [5.41, 5.74) is 0.797. The first kappa shape index (κ1) is 10.3. The number of hydrogen-bond acceptors (Lipinski definition) is 3. The maximum Gasteiger partial charge on any atom is 0.317 e. The van der Waals surface area contributed by atoms with E-state index in [1.165, 1.54) is 0 Å². The summed E-state index contributed by atoms with van der Waals surface area (Å²) in [5.74, 6) is 0.161. The molecule has 2 aliphatic rings. The molecular weight excluding hydrogens is 194 g/mol. The zero-order valence-electron chi connectivity index (χ0n) is 8.94. The Morgan fingerprint density at radius 3 is 2.87 bits per heavy atom. The predicted molar refractivity (Wildman–Crippen MR) is 56.1 cm³/mol. The Bertz CT molecular complexity index is 286. The largest absolute Gasteiger partial charge is 0.411 e. The number of nitrogens with one attached hydrogen (secondary N) is 1. The van der Waals surface area contributed by atoms with Gasteiger partial charge in [0.15, 0.2) is 0 Å². The van der Waals surface area contributed by atoms with Gasteiger partial charge in [-0.1, -0.05) is 12.1 Å². The van der Waals surface area contributed by atoms with Gasteiger partial charge in [-0.15, -0.1) is 0 Å². The summed E-state index contributed by atoms with van der Waals surface area (Å²) >= 11 is 0. The summed E-state index contributed by atoms with van der Waals surface area (Å²) in [6.07, 6.45) is 2.90. The molecule has 1 saturated heterocycles. The van der Waals surface area contributed by atoms with Crippen molar-refractivity contribution in [2.45, 2.75) is 32.2 Å². The van der Waals surface area contributed by atoms with Gasteiger partial charge in [0, 0.05) is 31.5 Å². The number of urea groups is 1. The summed E-state index contributed by atoms with van der Waals surface area (Å²) in [4.78, 5) is 13.5. The Morgan fingerprint density at radius 2 is 2.33 bits per heavy atom. The van der Waals surface area contributed by atoms with Crippen LogP contribution in [0.1, 0.15) is 26.2 Å². The van der Waals surface area contributed by atoms with E-state index >= 15 is 0 Å². The average Bonchev–Trinajstić information content (AvgIpc) is 3.01. The number of carbonyl (C=O) groups excluding carboxylic acids is 1. The summed E-state index contributed by atoms with van der Waals surface area (Å²) in [7, 11) is 0. The number of rotatable bonds is 1. The van der Waals surface area contributed by atoms with Crippen molar-refractivity contribution in [3.63, 3.8) is 0 Å². The summed E-state index contributed by atoms with van der Waals surface area (Å²) in [6.45, 7) is 3.28. The van der Waals surface area contributed by atoms with Crippen LogP contribution in [0.2, 0.25) is 0 Å². The van der Waals surface area contributed by atoms with E-state index < -0.39 is 0 Å². The molecule has 1 atom stereocenters. The highest BCUT2D eigenvalue weighted by Crippen LogP contribution is 2.20. The first-order valence-electron chi connectivity index (χ1n) is 5.47. The lowest BCUT2D eigenvalue weighted by Crippen LogP contribution is -2.48. The van der Waals surface area contributed by atoms with E-state index in [1.807, 2.05) is 6.92 Å². The van der Waals surface area contributed by atoms with E-state index in [0.717, 1.165) is 18.6 Å². The average molecular weight is 211 g/mol. The van der Waals surface area contributed by atoms with Crippen LogP contribution in [0.25, 0.3) is 0 Å². The number of amides is 2. The zero-order chi connectivity index (χ0) is 10.8. The number of piperidine rings is 1. The lowest BCUT2D eigenvalue weighted by Gasteiger charge is -2.31. The Kier molecular flexibility index (Phi) is 2.79. The van der Waals surface area contributed by atoms with Gasteiger partial charge in [0.2, 0.25) is 0 Å². The first-order valence-corrected chi connectivity index (χ1v) is 5.47. The molecule has 5 heteroatoms. The highest BCUT2D eigenvalue weighted by atomic mass is 16.4. The molecule has 0 aromatic carbocycles. The van der Waals surface area contributed by atoms with Crippen LogP contribution in [-0.2, 0) is 0 Å². The van der Waals surface area contributed by atoms with Crippen molar-refractivity contribution >= 4 is 11.7 Å². The first-order chi connectivity index (χ1) is 7.20. The summed E-state index contributed by atoms with van der Waals surface area (Å²) in [6, 6.07) is 0.432. The monoisotopic (exact) mass is 211 g/mol. The Labute approximate surface area is 89.1 Å². The predicted octanol–water partition coefficient (Wildman–Crippen LogP) is 1.03. The summed E-state index contributed by atoms with van der Waals surface area (Å²) < 4.78 is 0. The topological polar surface area (TPSA) is 64.9 Å². The molecule has 0 bridgehead atoms. The molecule has 2 rings (SSSR count). The van der Waals surface area contributed by atoms with E-state index in [4.69, 9.17) is 5.21 Å². The fourth-order valence-corrected chi connectivity index (χ4v) is 1.85. The quantitative estimate of drug-likeness (QED) is 0.502. The molecule has 0 spiro atoms. The number of carbonyl (C=O) groups is 1. The molecule has 1 unspecified atom stereocenters. The van der Waals surface area contributed by atoms with Gasteiger partial charge in [-0.3, -0.25) is 0 Å². The van der Waals surface area contributed by atoms with Gasteiger partial charge < -0.3 is 15.4 Å². The van der Waals surface area contributed by atoms with Crippen LogP contribution >= 0.6 is 0 Å². The van der Waals surface area contributed by atoms with Crippen LogP contribution in [0.3, 0.4) is 0 Å². The van der Waals surface area contributed by atoms with Gasteiger partial charge in [0.05, 0.1) is 5.71 Å². The Morgan fingerprint density at radius 1 is 1.60 bits per heavy atom. The van der Waals surface area contributed by atoms with Crippen molar-refractivity contribution < 1.29 is 10.0 Å². The molecular formula is C10H17N3O2. The molecule has 1 saturated carbocycles. The second-order valence-electron chi connectivity index (χ2n) is 4.41. The number of hydrogen-bond donors (Lipinski definition) is 2. The molecule has 1 aliphatic heterocycles. The third-order valence-corrected chi connectivity index (χ3v) is 3.02. The second kappa shape index (κ2) is 4.08. The zero-order valence-corrected chi connectivity index (χ0v) is 8.94. The minimum atomic E-state index is 0.0290. The van der Waals surface area contributed by atoms with Crippen LogP contribution in [0.15, 0.2) is 5.16 Å². The molecule has 84 valence electrons. The van der Waals surface area contributed by atoms with Gasteiger partial charge in [-0.05, 0) is 12.8 Å². The normalized spacial score (nSPS) is 29.3. The molecule has 1 heterocycles. The Hall–Kier alpha value is -1.26. The van der Waals surface area contributed by atoms with Crippen molar-refractivity contribution in [1.29, 1.82) is 0 Å². The van der Waals surface area contributed by atoms with Gasteiger partial charge in [-0.25, -0.2) is 4.79 Å². The molecule has 0 aromatic heterocycles. The summed E-state index contributed by atoms with van der Waals surface area (Å²) in [5, 5.41) is 14.9. The number of oxime groups is 1. The van der Waals surface area contributed by atoms with E-state index in [1.54, 1.807) is 4.90 Å². The van der Waals surface area contributed by atoms with Crippen molar-refractivity contribution in [3.8, 4) is 0 Å². The van der Waals surface area contributed by atoms with Gasteiger partial charge in [0.1, 0.15) is 0 Å². The smallest absolute Gasteiger partial charge is 0.317 e. The molecule has 2 N–H and O–H groups in total. The highest BCUT2D eigenvalue weighted by Gasteiger charge is 2.29. The van der Waals surface area contributed by atoms with Crippen LogP contribution in [0.4, 0.5) is 4.79 Å². The van der Waals surface area contributed by atoms with Crippen molar-refractivity contribution in [3.05, 3.63) is 0 Å². The SMILES string of the molecule is CC1CN(C(=O)NC2CC2)CCC1=NO. The lowest BCUT2D eigenvalue weighted by atomic mass is 9.98. The third kappa shape index (κ3) is 2.40. The third-order valence-electron chi connectivity index (χ3n) is 3.02. The van der Waals surface area contributed by atoms with Crippen LogP contribution in [0.5, 0.6) is 0 Å². The Balaban J connectivity index is 1.86. The van der Waals surface area contributed by atoms with Gasteiger partial charge in [-0.2, -0.15) is 0 Å². The van der Waals surface area contributed by atoms with Crippen molar-refractivity contribution in [1.82, 2.24) is 10.2 Å². The van der Waals surface area contributed by atoms with E-state index in [9.17, 15) is 4.79 Å². The number of likely N-dealkylation sites (tertiary alicyclic amines) is 1. The van der Waals surface area contributed by atoms with Crippen molar-refractivity contribution in [2.24, 2.45) is 11.1 Å². The van der Waals surface area contributed by atoms with Crippen LogP contribution in [0, 0.1) is 5.92 Å². The maximum absolute atomic E-state index is 11.7. The van der Waals surface area contributed by atoms with Crippen molar-refractivity contribution in [2.75, 3.05) is 13.1 Å². The molecule has 0 aromatic rings. The fourth-order valence-electron chi connectivity index (χ4n) is 1.85. The second-order valence-corrected chi connectivity index (χ2v) is 4.41. The van der Waals surface area contributed by atoms with Crippen LogP contribution in [-0.4, -0.2) is 41.0 Å². The van der Waals surface area contributed by atoms with Crippen LogP contribution < -0.4 is 5.32 Å². The van der Waals surface area contributed by atoms with E-state index in [2.05, 4.69) is 10.5 Å². The lowest BCUT2D eigenvalue weighted by molar-refractivity contribution is 0.189. The molecule has 0 radical (unpaired) electrons. The van der Waals surface area contributed by atoms with Gasteiger partial charge >= 0.3 is 6.03 Å². The van der Waals surface area contributed by atoms with E-state index in [-0.39, 0.29) is 11.9 Å². The maximum atomic E-state index is 11.7. The molecule has 5 nitrogen and oxygen atoms in total. The standard InChI is InChI=1S/C10H17N3O2/c1-7-6-13(5-4-9(7)12-15)10(14)11-8-2-3-8/h7-8,15H,2-6H2,1H3,(H,11,14). The fraction of sp³-hybridized carbons (Fsp3) is 0.800. The van der Waals surface area contributed by atoms with E-state index in [0.29, 0.717) is 25.6 Å².